The van der Waals surface area contributed by atoms with Gasteiger partial charge in [-0.3, -0.25) is 14.9 Å². The van der Waals surface area contributed by atoms with Crippen molar-refractivity contribution in [3.05, 3.63) is 64.2 Å². The maximum Gasteiger partial charge on any atom is 0.232 e. The molecule has 3 aromatic rings. The Morgan fingerprint density at radius 1 is 1.26 bits per heavy atom. The van der Waals surface area contributed by atoms with Crippen LogP contribution in [0.25, 0.3) is 0 Å². The monoisotopic (exact) mass is 455 g/mol. The third kappa shape index (κ3) is 5.08. The van der Waals surface area contributed by atoms with Gasteiger partial charge in [0.05, 0.1) is 12.5 Å². The van der Waals surface area contributed by atoms with Gasteiger partial charge in [0.2, 0.25) is 22.9 Å². The van der Waals surface area contributed by atoms with E-state index in [-0.39, 0.29) is 18.2 Å². The molecule has 160 valence electrons. The summed E-state index contributed by atoms with van der Waals surface area (Å²) in [5, 5.41) is 11.3. The molecular weight excluding hydrogens is 434 g/mol. The molecule has 0 radical (unpaired) electrons. The summed E-state index contributed by atoms with van der Waals surface area (Å²) in [4.78, 5) is 29.4. The number of nitrogens with one attached hydrogen (secondary N) is 2. The van der Waals surface area contributed by atoms with Crippen LogP contribution < -0.4 is 10.6 Å². The van der Waals surface area contributed by atoms with Gasteiger partial charge in [-0.25, -0.2) is 4.68 Å². The lowest BCUT2D eigenvalue weighted by Gasteiger charge is -2.21. The molecule has 1 unspecified atom stereocenters. The van der Waals surface area contributed by atoms with Crippen molar-refractivity contribution in [2.45, 2.75) is 37.7 Å². The van der Waals surface area contributed by atoms with E-state index in [0.717, 1.165) is 11.3 Å². The highest BCUT2D eigenvalue weighted by molar-refractivity contribution is 7.98. The van der Waals surface area contributed by atoms with E-state index >= 15 is 0 Å². The quantitative estimate of drug-likeness (QED) is 0.536. The van der Waals surface area contributed by atoms with E-state index in [9.17, 15) is 9.59 Å². The average Bonchev–Trinajstić information content (AvgIpc) is 3.13. The highest BCUT2D eigenvalue weighted by atomic mass is 35.5. The number of aromatic nitrogens is 3. The molecule has 1 aliphatic heterocycles. The van der Waals surface area contributed by atoms with Crippen LogP contribution in [0.2, 0.25) is 5.02 Å². The molecule has 4 rings (SSSR count). The number of anilines is 2. The number of hydrogen-bond donors (Lipinski definition) is 2. The number of rotatable bonds is 6. The fraction of sp³-hybridized carbons (Fsp3) is 0.273. The van der Waals surface area contributed by atoms with E-state index in [0.29, 0.717) is 28.4 Å². The van der Waals surface area contributed by atoms with Gasteiger partial charge in [0, 0.05) is 22.9 Å². The molecule has 2 heterocycles. The summed E-state index contributed by atoms with van der Waals surface area (Å²) in [5.74, 6) is 0.154. The van der Waals surface area contributed by atoms with Gasteiger partial charge in [0.25, 0.3) is 0 Å². The molecule has 7 nitrogen and oxygen atoms in total. The molecular formula is C22H22ClN5O2S. The minimum atomic E-state index is -0.524. The van der Waals surface area contributed by atoms with Gasteiger partial charge in [0.15, 0.2) is 0 Å². The molecule has 1 aromatic heterocycles. The van der Waals surface area contributed by atoms with Gasteiger partial charge in [-0.15, -0.1) is 5.10 Å². The Morgan fingerprint density at radius 2 is 2.03 bits per heavy atom. The molecule has 0 aliphatic carbocycles. The summed E-state index contributed by atoms with van der Waals surface area (Å²) in [6.07, 6.45) is 0.0446. The summed E-state index contributed by atoms with van der Waals surface area (Å²) >= 11 is 7.61. The molecule has 0 bridgehead atoms. The number of carbonyl (C=O) groups is 2. The van der Waals surface area contributed by atoms with Crippen molar-refractivity contribution in [3.8, 4) is 0 Å². The average molecular weight is 456 g/mol. The zero-order valence-electron chi connectivity index (χ0n) is 17.2. The predicted octanol–water partition coefficient (Wildman–Crippen LogP) is 4.44. The van der Waals surface area contributed by atoms with Crippen LogP contribution in [0.1, 0.15) is 23.1 Å². The lowest BCUT2D eigenvalue weighted by atomic mass is 10.0. The number of aryl methyl sites for hydroxylation is 1. The molecule has 9 heteroatoms. The molecule has 31 heavy (non-hydrogen) atoms. The van der Waals surface area contributed by atoms with E-state index in [1.165, 1.54) is 22.9 Å². The molecule has 0 spiro atoms. The van der Waals surface area contributed by atoms with E-state index in [1.807, 2.05) is 6.92 Å². The SMILES string of the molecule is Cc1ccc(CSc2nc3n(n2)CC(CC(=O)Nc2cccc(Cl)c2C)C(=O)N3)cc1. The largest absolute Gasteiger partial charge is 0.326 e. The Balaban J connectivity index is 1.37. The highest BCUT2D eigenvalue weighted by Gasteiger charge is 2.30. The first-order chi connectivity index (χ1) is 14.9. The number of amides is 2. The molecule has 2 N–H and O–H groups in total. The molecule has 2 aromatic carbocycles. The van der Waals surface area contributed by atoms with E-state index in [4.69, 9.17) is 11.6 Å². The number of hydrogen-bond acceptors (Lipinski definition) is 5. The molecule has 1 atom stereocenters. The second-order valence-electron chi connectivity index (χ2n) is 7.53. The van der Waals surface area contributed by atoms with E-state index in [2.05, 4.69) is 51.9 Å². The Bertz CT molecular complexity index is 1130. The van der Waals surface area contributed by atoms with Crippen LogP contribution in [0.3, 0.4) is 0 Å². The topological polar surface area (TPSA) is 88.9 Å². The summed E-state index contributed by atoms with van der Waals surface area (Å²) in [6.45, 7) is 4.20. The van der Waals surface area contributed by atoms with Gasteiger partial charge in [-0.05, 0) is 37.1 Å². The lowest BCUT2D eigenvalue weighted by molar-refractivity contribution is -0.126. The fourth-order valence-corrected chi connectivity index (χ4v) is 4.23. The van der Waals surface area contributed by atoms with Crippen LogP contribution in [0, 0.1) is 19.8 Å². The Labute approximate surface area is 189 Å². The van der Waals surface area contributed by atoms with Crippen molar-refractivity contribution in [2.75, 3.05) is 10.6 Å². The van der Waals surface area contributed by atoms with Crippen LogP contribution in [-0.2, 0) is 21.9 Å². The zero-order valence-corrected chi connectivity index (χ0v) is 18.8. The van der Waals surface area contributed by atoms with Gasteiger partial charge < -0.3 is 5.32 Å². The van der Waals surface area contributed by atoms with Crippen LogP contribution in [-0.4, -0.2) is 26.6 Å². The van der Waals surface area contributed by atoms with Gasteiger partial charge in [-0.1, -0.05) is 59.3 Å². The third-order valence-electron chi connectivity index (χ3n) is 5.11. The molecule has 0 saturated heterocycles. The Morgan fingerprint density at radius 3 is 2.81 bits per heavy atom. The van der Waals surface area contributed by atoms with E-state index < -0.39 is 5.92 Å². The summed E-state index contributed by atoms with van der Waals surface area (Å²) in [6, 6.07) is 13.6. The van der Waals surface area contributed by atoms with Crippen LogP contribution in [0.15, 0.2) is 47.6 Å². The van der Waals surface area contributed by atoms with Gasteiger partial charge in [0.1, 0.15) is 0 Å². The number of halogens is 1. The molecule has 2 amide bonds. The van der Waals surface area contributed by atoms with Crippen molar-refractivity contribution in [1.29, 1.82) is 0 Å². The Hall–Kier alpha value is -2.84. The molecule has 0 saturated carbocycles. The normalized spacial score (nSPS) is 15.3. The highest BCUT2D eigenvalue weighted by Crippen LogP contribution is 2.27. The van der Waals surface area contributed by atoms with E-state index in [1.54, 1.807) is 22.9 Å². The van der Waals surface area contributed by atoms with Crippen molar-refractivity contribution < 1.29 is 9.59 Å². The first kappa shape index (κ1) is 21.4. The smallest absolute Gasteiger partial charge is 0.232 e. The lowest BCUT2D eigenvalue weighted by Crippen LogP contribution is -2.36. The maximum absolute atomic E-state index is 12.5. The van der Waals surface area contributed by atoms with Crippen LogP contribution in [0.4, 0.5) is 11.6 Å². The first-order valence-electron chi connectivity index (χ1n) is 9.88. The van der Waals surface area contributed by atoms with Crippen molar-refractivity contribution in [1.82, 2.24) is 14.8 Å². The summed E-state index contributed by atoms with van der Waals surface area (Å²) in [5.41, 5.74) is 3.83. The standard InChI is InChI=1S/C22H22ClN5O2S/c1-13-6-8-15(9-7-13)12-31-22-26-21-25-20(30)16(11-28(21)27-22)10-19(29)24-18-5-3-4-17(23)14(18)2/h3-9,16H,10-12H2,1-2H3,(H,24,29)(H,25,26,27,30). The number of thioether (sulfide) groups is 1. The summed E-state index contributed by atoms with van der Waals surface area (Å²) < 4.78 is 1.65. The number of carbonyl (C=O) groups excluding carboxylic acids is 2. The number of nitrogens with zero attached hydrogens (tertiary/aromatic N) is 3. The Kier molecular flexibility index (Phi) is 6.29. The van der Waals surface area contributed by atoms with Crippen molar-refractivity contribution in [2.24, 2.45) is 5.92 Å². The predicted molar refractivity (Wildman–Crippen MR) is 122 cm³/mol. The number of benzene rings is 2. The van der Waals surface area contributed by atoms with Gasteiger partial charge >= 0.3 is 0 Å². The second-order valence-corrected chi connectivity index (χ2v) is 8.87. The maximum atomic E-state index is 12.5. The number of fused-ring (bicyclic) bond motifs is 1. The van der Waals surface area contributed by atoms with Crippen LogP contribution >= 0.6 is 23.4 Å². The van der Waals surface area contributed by atoms with Crippen LogP contribution in [0.5, 0.6) is 0 Å². The summed E-state index contributed by atoms with van der Waals surface area (Å²) in [7, 11) is 0. The molecule has 0 fully saturated rings. The second kappa shape index (κ2) is 9.11. The van der Waals surface area contributed by atoms with Crippen molar-refractivity contribution in [3.63, 3.8) is 0 Å². The molecule has 1 aliphatic rings. The minimum absolute atomic E-state index is 0.0446. The zero-order chi connectivity index (χ0) is 22.0. The fourth-order valence-electron chi connectivity index (χ4n) is 3.26. The van der Waals surface area contributed by atoms with Crippen molar-refractivity contribution >= 4 is 46.8 Å². The minimum Gasteiger partial charge on any atom is -0.326 e. The first-order valence-corrected chi connectivity index (χ1v) is 11.2. The third-order valence-corrected chi connectivity index (χ3v) is 6.43. The van der Waals surface area contributed by atoms with Gasteiger partial charge in [-0.2, -0.15) is 4.98 Å².